The van der Waals surface area contributed by atoms with E-state index in [2.05, 4.69) is 52.8 Å². The third-order valence-corrected chi connectivity index (χ3v) is 3.28. The van der Waals surface area contributed by atoms with Crippen LogP contribution < -0.4 is 0 Å². The van der Waals surface area contributed by atoms with E-state index < -0.39 is 0 Å². The molecule has 0 saturated carbocycles. The number of nitrogens with zero attached hydrogens (tertiary/aromatic N) is 2. The molecule has 96 valence electrons. The Morgan fingerprint density at radius 2 is 1.72 bits per heavy atom. The highest BCUT2D eigenvalue weighted by Crippen LogP contribution is 2.25. The molecule has 2 aromatic rings. The highest BCUT2D eigenvalue weighted by molar-refractivity contribution is 5.82. The van der Waals surface area contributed by atoms with Crippen molar-refractivity contribution in [1.29, 1.82) is 0 Å². The molecule has 2 nitrogen and oxygen atoms in total. The number of fused-ring (bicyclic) bond motifs is 1. The highest BCUT2D eigenvalue weighted by atomic mass is 14.9. The van der Waals surface area contributed by atoms with Crippen LogP contribution in [-0.4, -0.2) is 9.97 Å². The molecule has 0 aliphatic carbocycles. The minimum Gasteiger partial charge on any atom is -0.237 e. The number of hydrogen-bond donors (Lipinski definition) is 0. The Labute approximate surface area is 109 Å². The smallest absolute Gasteiger partial charge is 0.131 e. The molecule has 0 fully saturated rings. The second-order valence-electron chi connectivity index (χ2n) is 5.48. The summed E-state index contributed by atoms with van der Waals surface area (Å²) >= 11 is 0. The van der Waals surface area contributed by atoms with Crippen LogP contribution in [0.25, 0.3) is 10.9 Å². The summed E-state index contributed by atoms with van der Waals surface area (Å²) in [7, 11) is 0. The lowest BCUT2D eigenvalue weighted by atomic mass is 10.0. The molecule has 1 aromatic carbocycles. The summed E-state index contributed by atoms with van der Waals surface area (Å²) in [5.41, 5.74) is 3.61. The lowest BCUT2D eigenvalue weighted by Crippen LogP contribution is -2.04. The van der Waals surface area contributed by atoms with Gasteiger partial charge in [0, 0.05) is 11.3 Å². The van der Waals surface area contributed by atoms with Crippen molar-refractivity contribution in [3.8, 4) is 0 Å². The van der Waals surface area contributed by atoms with Crippen molar-refractivity contribution in [3.63, 3.8) is 0 Å². The topological polar surface area (TPSA) is 25.8 Å². The third-order valence-electron chi connectivity index (χ3n) is 3.28. The van der Waals surface area contributed by atoms with E-state index in [1.165, 1.54) is 16.6 Å². The molecule has 1 aromatic heterocycles. The number of benzene rings is 1. The molecule has 1 heterocycles. The normalized spacial score (nSPS) is 11.7. The maximum absolute atomic E-state index is 4.74. The van der Waals surface area contributed by atoms with E-state index in [1.807, 2.05) is 0 Å². The average Bonchev–Trinajstić information content (AvgIpc) is 2.36. The second-order valence-corrected chi connectivity index (χ2v) is 5.48. The van der Waals surface area contributed by atoms with Gasteiger partial charge in [-0.2, -0.15) is 0 Å². The fourth-order valence-electron chi connectivity index (χ4n) is 2.14. The van der Waals surface area contributed by atoms with Crippen molar-refractivity contribution < 1.29 is 0 Å². The molecule has 2 rings (SSSR count). The van der Waals surface area contributed by atoms with Crippen molar-refractivity contribution in [2.45, 2.75) is 52.9 Å². The fourth-order valence-corrected chi connectivity index (χ4v) is 2.14. The average molecular weight is 242 g/mol. The molecule has 0 amide bonds. The number of aromatic nitrogens is 2. The van der Waals surface area contributed by atoms with E-state index in [1.54, 1.807) is 0 Å². The van der Waals surface area contributed by atoms with Gasteiger partial charge in [0.15, 0.2) is 0 Å². The zero-order chi connectivity index (χ0) is 13.3. The number of rotatable bonds is 3. The molecule has 0 unspecified atom stereocenters. The maximum atomic E-state index is 4.74. The van der Waals surface area contributed by atoms with Crippen molar-refractivity contribution in [1.82, 2.24) is 9.97 Å². The van der Waals surface area contributed by atoms with Crippen LogP contribution in [0.3, 0.4) is 0 Å². The lowest BCUT2D eigenvalue weighted by molar-refractivity contribution is 0.742. The molecule has 0 atom stereocenters. The van der Waals surface area contributed by atoms with Crippen LogP contribution in [0.15, 0.2) is 18.2 Å². The van der Waals surface area contributed by atoms with Gasteiger partial charge < -0.3 is 0 Å². The molecule has 0 N–H and O–H groups in total. The molecule has 0 saturated heterocycles. The predicted octanol–water partition coefficient (Wildman–Crippen LogP) is 4.44. The predicted molar refractivity (Wildman–Crippen MR) is 77.1 cm³/mol. The molecule has 2 heteroatoms. The zero-order valence-electron chi connectivity index (χ0n) is 12.0. The van der Waals surface area contributed by atoms with Gasteiger partial charge in [-0.3, -0.25) is 0 Å². The Morgan fingerprint density at radius 1 is 1.00 bits per heavy atom. The first kappa shape index (κ1) is 13.0. The first-order valence-corrected chi connectivity index (χ1v) is 6.83. The molecule has 0 radical (unpaired) electrons. The fraction of sp³-hybridized carbons (Fsp3) is 0.500. The van der Waals surface area contributed by atoms with E-state index >= 15 is 0 Å². The minimum absolute atomic E-state index is 0.372. The Bertz CT molecular complexity index is 556. The molecule has 0 spiro atoms. The molecule has 0 aliphatic heterocycles. The van der Waals surface area contributed by atoms with E-state index in [0.29, 0.717) is 11.8 Å². The van der Waals surface area contributed by atoms with Gasteiger partial charge in [0.25, 0.3) is 0 Å². The summed E-state index contributed by atoms with van der Waals surface area (Å²) in [6, 6.07) is 6.56. The van der Waals surface area contributed by atoms with Gasteiger partial charge in [0.05, 0.1) is 11.2 Å². The summed E-state index contributed by atoms with van der Waals surface area (Å²) in [6.45, 7) is 10.9. The van der Waals surface area contributed by atoms with Crippen LogP contribution in [0.1, 0.15) is 63.5 Å². The number of hydrogen-bond acceptors (Lipinski definition) is 2. The van der Waals surface area contributed by atoms with Crippen molar-refractivity contribution in [2.75, 3.05) is 0 Å². The summed E-state index contributed by atoms with van der Waals surface area (Å²) in [5, 5.41) is 1.20. The number of aryl methyl sites for hydroxylation is 1. The van der Waals surface area contributed by atoms with Crippen LogP contribution in [0.5, 0.6) is 0 Å². The quantitative estimate of drug-likeness (QED) is 0.795. The molecule has 0 aliphatic rings. The SMILES string of the molecule is CCc1ccc2c(C(C)C)nc(C(C)C)nc2c1. The van der Waals surface area contributed by atoms with E-state index in [-0.39, 0.29) is 0 Å². The van der Waals surface area contributed by atoms with Crippen LogP contribution in [0, 0.1) is 0 Å². The summed E-state index contributed by atoms with van der Waals surface area (Å²) in [5.74, 6) is 1.76. The molecule has 18 heavy (non-hydrogen) atoms. The maximum Gasteiger partial charge on any atom is 0.131 e. The monoisotopic (exact) mass is 242 g/mol. The highest BCUT2D eigenvalue weighted by Gasteiger charge is 2.12. The Hall–Kier alpha value is -1.44. The van der Waals surface area contributed by atoms with Gasteiger partial charge in [0.2, 0.25) is 0 Å². The molecule has 0 bridgehead atoms. The lowest BCUT2D eigenvalue weighted by Gasteiger charge is -2.13. The van der Waals surface area contributed by atoms with Gasteiger partial charge in [-0.25, -0.2) is 9.97 Å². The zero-order valence-corrected chi connectivity index (χ0v) is 12.0. The van der Waals surface area contributed by atoms with E-state index in [0.717, 1.165) is 17.8 Å². The van der Waals surface area contributed by atoms with Crippen LogP contribution in [0.2, 0.25) is 0 Å². The Balaban J connectivity index is 2.72. The first-order valence-electron chi connectivity index (χ1n) is 6.83. The minimum atomic E-state index is 0.372. The van der Waals surface area contributed by atoms with Crippen LogP contribution >= 0.6 is 0 Å². The van der Waals surface area contributed by atoms with Crippen molar-refractivity contribution in [3.05, 3.63) is 35.3 Å². The van der Waals surface area contributed by atoms with Crippen molar-refractivity contribution in [2.24, 2.45) is 0 Å². The third kappa shape index (κ3) is 2.38. The van der Waals surface area contributed by atoms with Gasteiger partial charge in [-0.05, 0) is 24.0 Å². The van der Waals surface area contributed by atoms with Crippen LogP contribution in [0.4, 0.5) is 0 Å². The summed E-state index contributed by atoms with van der Waals surface area (Å²) in [6.07, 6.45) is 1.05. The van der Waals surface area contributed by atoms with E-state index in [4.69, 9.17) is 9.97 Å². The Kier molecular flexibility index (Phi) is 3.65. The summed E-state index contributed by atoms with van der Waals surface area (Å²) < 4.78 is 0. The van der Waals surface area contributed by atoms with Gasteiger partial charge in [-0.15, -0.1) is 0 Å². The van der Waals surface area contributed by atoms with Crippen LogP contribution in [-0.2, 0) is 6.42 Å². The van der Waals surface area contributed by atoms with Gasteiger partial charge in [0.1, 0.15) is 5.82 Å². The van der Waals surface area contributed by atoms with E-state index in [9.17, 15) is 0 Å². The second kappa shape index (κ2) is 5.05. The molecular weight excluding hydrogens is 220 g/mol. The Morgan fingerprint density at radius 3 is 2.28 bits per heavy atom. The first-order chi connectivity index (χ1) is 8.52. The standard InChI is InChI=1S/C16H22N2/c1-6-12-7-8-13-14(9-12)17-16(11(4)5)18-15(13)10(2)3/h7-11H,6H2,1-5H3. The van der Waals surface area contributed by atoms with Gasteiger partial charge >= 0.3 is 0 Å². The van der Waals surface area contributed by atoms with Gasteiger partial charge in [-0.1, -0.05) is 46.8 Å². The largest absolute Gasteiger partial charge is 0.237 e. The van der Waals surface area contributed by atoms with Crippen molar-refractivity contribution >= 4 is 10.9 Å². The molecular formula is C16H22N2. The summed E-state index contributed by atoms with van der Waals surface area (Å²) in [4.78, 5) is 9.46.